The van der Waals surface area contributed by atoms with Gasteiger partial charge in [0.15, 0.2) is 5.75 Å². The fourth-order valence-electron chi connectivity index (χ4n) is 1.73. The number of benzene rings is 1. The van der Waals surface area contributed by atoms with Crippen molar-refractivity contribution in [3.63, 3.8) is 0 Å². The maximum Gasteiger partial charge on any atom is 0.156 e. The summed E-state index contributed by atoms with van der Waals surface area (Å²) < 4.78 is 5.66. The third-order valence-corrected chi connectivity index (χ3v) is 3.34. The zero-order valence-electron chi connectivity index (χ0n) is 10.3. The molecule has 1 aliphatic carbocycles. The first-order valence-corrected chi connectivity index (χ1v) is 6.68. The second-order valence-corrected chi connectivity index (χ2v) is 5.64. The lowest BCUT2D eigenvalue weighted by molar-refractivity contribution is 0.300. The van der Waals surface area contributed by atoms with Crippen LogP contribution in [0.2, 0.25) is 10.0 Å². The lowest BCUT2D eigenvalue weighted by atomic mass is 10.1. The molecule has 0 aliphatic heterocycles. The molecule has 0 bridgehead atoms. The Morgan fingerprint density at radius 2 is 1.89 bits per heavy atom. The Morgan fingerprint density at radius 3 is 2.33 bits per heavy atom. The van der Waals surface area contributed by atoms with Crippen molar-refractivity contribution in [1.82, 2.24) is 0 Å². The first-order chi connectivity index (χ1) is 8.06. The van der Waals surface area contributed by atoms with E-state index in [0.29, 0.717) is 28.3 Å². The van der Waals surface area contributed by atoms with Crippen LogP contribution in [0.4, 0.5) is 0 Å². The van der Waals surface area contributed by atoms with Crippen molar-refractivity contribution in [3.05, 3.63) is 27.7 Å². The zero-order valence-corrected chi connectivity index (χ0v) is 12.6. The number of hydrogen-bond acceptors (Lipinski definition) is 2. The minimum Gasteiger partial charge on any atom is -0.490 e. The first-order valence-electron chi connectivity index (χ1n) is 5.92. The van der Waals surface area contributed by atoms with Crippen molar-refractivity contribution in [3.8, 4) is 5.75 Å². The van der Waals surface area contributed by atoms with Crippen LogP contribution in [0, 0.1) is 5.92 Å². The smallest absolute Gasteiger partial charge is 0.156 e. The predicted octanol–water partition coefficient (Wildman–Crippen LogP) is 4.09. The van der Waals surface area contributed by atoms with Crippen molar-refractivity contribution in [2.24, 2.45) is 11.7 Å². The molecule has 1 unspecified atom stereocenters. The van der Waals surface area contributed by atoms with Crippen LogP contribution in [-0.2, 0) is 6.42 Å². The van der Waals surface area contributed by atoms with Crippen LogP contribution in [-0.4, -0.2) is 12.6 Å². The molecular weight excluding hydrogens is 293 g/mol. The van der Waals surface area contributed by atoms with Crippen molar-refractivity contribution in [2.45, 2.75) is 32.2 Å². The first kappa shape index (κ1) is 15.9. The molecular formula is C13H18Cl3NO. The van der Waals surface area contributed by atoms with Crippen molar-refractivity contribution in [1.29, 1.82) is 0 Å². The average molecular weight is 311 g/mol. The molecule has 2 N–H and O–H groups in total. The molecule has 1 fully saturated rings. The largest absolute Gasteiger partial charge is 0.490 e. The summed E-state index contributed by atoms with van der Waals surface area (Å²) in [6, 6.07) is 3.87. The Morgan fingerprint density at radius 1 is 1.33 bits per heavy atom. The minimum absolute atomic E-state index is 0. The number of ether oxygens (including phenoxy) is 1. The molecule has 5 heteroatoms. The Hall–Kier alpha value is -0.150. The van der Waals surface area contributed by atoms with Crippen molar-refractivity contribution >= 4 is 35.6 Å². The maximum absolute atomic E-state index is 6.17. The Bertz CT molecular complexity index is 382. The van der Waals surface area contributed by atoms with Crippen molar-refractivity contribution < 1.29 is 4.74 Å². The third kappa shape index (κ3) is 4.51. The van der Waals surface area contributed by atoms with E-state index in [4.69, 9.17) is 33.7 Å². The summed E-state index contributed by atoms with van der Waals surface area (Å²) in [7, 11) is 0. The molecule has 0 amide bonds. The Kier molecular flexibility index (Phi) is 6.06. The van der Waals surface area contributed by atoms with Gasteiger partial charge in [-0.3, -0.25) is 0 Å². The van der Waals surface area contributed by atoms with Crippen molar-refractivity contribution in [2.75, 3.05) is 6.61 Å². The Balaban J connectivity index is 0.00000162. The van der Waals surface area contributed by atoms with Crippen LogP contribution < -0.4 is 10.5 Å². The summed E-state index contributed by atoms with van der Waals surface area (Å²) in [5.74, 6) is 1.29. The fourth-order valence-corrected chi connectivity index (χ4v) is 2.37. The number of nitrogens with two attached hydrogens (primary N) is 1. The summed E-state index contributed by atoms with van der Waals surface area (Å²) in [5, 5.41) is 1.16. The van der Waals surface area contributed by atoms with Crippen LogP contribution in [0.15, 0.2) is 12.1 Å². The summed E-state index contributed by atoms with van der Waals surface area (Å²) in [6.07, 6.45) is 3.26. The van der Waals surface area contributed by atoms with E-state index in [1.165, 1.54) is 12.8 Å². The van der Waals surface area contributed by atoms with Crippen LogP contribution in [0.5, 0.6) is 5.75 Å². The zero-order chi connectivity index (χ0) is 12.4. The van der Waals surface area contributed by atoms with Gasteiger partial charge in [0.2, 0.25) is 0 Å². The maximum atomic E-state index is 6.17. The van der Waals surface area contributed by atoms with E-state index < -0.39 is 0 Å². The highest BCUT2D eigenvalue weighted by molar-refractivity contribution is 6.37. The summed E-state index contributed by atoms with van der Waals surface area (Å²) in [4.78, 5) is 0. The van der Waals surface area contributed by atoms with Gasteiger partial charge in [-0.25, -0.2) is 0 Å². The lowest BCUT2D eigenvalue weighted by Crippen LogP contribution is -2.17. The van der Waals surface area contributed by atoms with E-state index in [2.05, 4.69) is 0 Å². The van der Waals surface area contributed by atoms with E-state index in [-0.39, 0.29) is 18.4 Å². The molecule has 1 aliphatic rings. The minimum atomic E-state index is 0. The van der Waals surface area contributed by atoms with E-state index in [0.717, 1.165) is 12.0 Å². The van der Waals surface area contributed by atoms with Gasteiger partial charge >= 0.3 is 0 Å². The van der Waals surface area contributed by atoms with E-state index in [1.54, 1.807) is 0 Å². The highest BCUT2D eigenvalue weighted by Gasteiger charge is 2.23. The van der Waals surface area contributed by atoms with E-state index in [9.17, 15) is 0 Å². The molecule has 0 aromatic heterocycles. The molecule has 2 nitrogen and oxygen atoms in total. The van der Waals surface area contributed by atoms with Gasteiger partial charge in [-0.15, -0.1) is 12.4 Å². The molecule has 18 heavy (non-hydrogen) atoms. The highest BCUT2D eigenvalue weighted by atomic mass is 35.5. The number of hydrogen-bond donors (Lipinski definition) is 1. The second-order valence-electron chi connectivity index (χ2n) is 4.82. The van der Waals surface area contributed by atoms with Gasteiger partial charge < -0.3 is 10.5 Å². The number of halogens is 3. The van der Waals surface area contributed by atoms with Gasteiger partial charge in [-0.05, 0) is 49.8 Å². The normalized spacial score (nSPS) is 16.0. The van der Waals surface area contributed by atoms with E-state index >= 15 is 0 Å². The monoisotopic (exact) mass is 309 g/mol. The SMILES string of the molecule is CC(N)Cc1cc(Cl)c(OCC2CC2)c(Cl)c1.Cl. The van der Waals surface area contributed by atoms with Gasteiger partial charge in [0.1, 0.15) is 0 Å². The quantitative estimate of drug-likeness (QED) is 0.889. The molecule has 1 atom stereocenters. The van der Waals surface area contributed by atoms with Gasteiger partial charge in [0, 0.05) is 6.04 Å². The van der Waals surface area contributed by atoms with Crippen LogP contribution in [0.25, 0.3) is 0 Å². The standard InChI is InChI=1S/C13H17Cl2NO.ClH/c1-8(16)4-10-5-11(14)13(12(15)6-10)17-7-9-2-3-9;/h5-6,8-9H,2-4,7,16H2,1H3;1H. The molecule has 1 aromatic rings. The summed E-state index contributed by atoms with van der Waals surface area (Å²) in [5.41, 5.74) is 6.80. The van der Waals surface area contributed by atoms with E-state index in [1.807, 2.05) is 19.1 Å². The molecule has 0 heterocycles. The second kappa shape index (κ2) is 6.85. The molecule has 1 saturated carbocycles. The van der Waals surface area contributed by atoms with Crippen LogP contribution in [0.3, 0.4) is 0 Å². The molecule has 0 radical (unpaired) electrons. The van der Waals surface area contributed by atoms with Gasteiger partial charge in [0.05, 0.1) is 16.7 Å². The van der Waals surface area contributed by atoms with Gasteiger partial charge in [-0.1, -0.05) is 23.2 Å². The highest BCUT2D eigenvalue weighted by Crippen LogP contribution is 2.37. The Labute approximate surface area is 124 Å². The lowest BCUT2D eigenvalue weighted by Gasteiger charge is -2.12. The fraction of sp³-hybridized carbons (Fsp3) is 0.538. The third-order valence-electron chi connectivity index (χ3n) is 2.78. The predicted molar refractivity (Wildman–Crippen MR) is 79.3 cm³/mol. The summed E-state index contributed by atoms with van der Waals surface area (Å²) in [6.45, 7) is 2.67. The molecule has 1 aromatic carbocycles. The topological polar surface area (TPSA) is 35.2 Å². The average Bonchev–Trinajstić information content (AvgIpc) is 2.98. The summed E-state index contributed by atoms with van der Waals surface area (Å²) >= 11 is 12.3. The van der Waals surface area contributed by atoms with Crippen LogP contribution in [0.1, 0.15) is 25.3 Å². The molecule has 0 spiro atoms. The van der Waals surface area contributed by atoms with Gasteiger partial charge in [0.25, 0.3) is 0 Å². The molecule has 0 saturated heterocycles. The van der Waals surface area contributed by atoms with Crippen LogP contribution >= 0.6 is 35.6 Å². The molecule has 2 rings (SSSR count). The van der Waals surface area contributed by atoms with Gasteiger partial charge in [-0.2, -0.15) is 0 Å². The number of rotatable bonds is 5. The molecule has 102 valence electrons.